The lowest BCUT2D eigenvalue weighted by atomic mass is 9.86. The van der Waals surface area contributed by atoms with Gasteiger partial charge in [0.25, 0.3) is 0 Å². The summed E-state index contributed by atoms with van der Waals surface area (Å²) in [6, 6.07) is 8.45. The molecule has 9 nitrogen and oxygen atoms in total. The van der Waals surface area contributed by atoms with Gasteiger partial charge in [-0.15, -0.1) is 5.10 Å². The third-order valence-corrected chi connectivity index (χ3v) is 7.04. The number of nitrogens with zero attached hydrogens (tertiary/aromatic N) is 6. The molecule has 0 aliphatic carbocycles. The van der Waals surface area contributed by atoms with Crippen LogP contribution in [-0.2, 0) is 15.6 Å². The van der Waals surface area contributed by atoms with Crippen LogP contribution in [0.5, 0.6) is 0 Å². The number of aryl methyl sites for hydroxylation is 1. The van der Waals surface area contributed by atoms with E-state index < -0.39 is 15.6 Å². The fourth-order valence-corrected chi connectivity index (χ4v) is 5.02. The molecule has 10 heteroatoms. The van der Waals surface area contributed by atoms with Gasteiger partial charge in [0.15, 0.2) is 0 Å². The van der Waals surface area contributed by atoms with Gasteiger partial charge in [-0.05, 0) is 60.0 Å². The fourth-order valence-electron chi connectivity index (χ4n) is 3.49. The van der Waals surface area contributed by atoms with Gasteiger partial charge in [0, 0.05) is 31.0 Å². The first kappa shape index (κ1) is 18.7. The maximum atomic E-state index is 13.1. The summed E-state index contributed by atoms with van der Waals surface area (Å²) in [6.45, 7) is 2.29. The summed E-state index contributed by atoms with van der Waals surface area (Å²) in [5, 5.41) is 21.9. The Balaban J connectivity index is 1.54. The molecule has 1 saturated heterocycles. The zero-order valence-electron chi connectivity index (χ0n) is 15.3. The minimum absolute atomic E-state index is 0.216. The number of rotatable bonds is 4. The molecule has 0 unspecified atom stereocenters. The second-order valence-corrected chi connectivity index (χ2v) is 8.82. The van der Waals surface area contributed by atoms with Crippen LogP contribution in [-0.4, -0.2) is 56.1 Å². The van der Waals surface area contributed by atoms with E-state index in [4.69, 9.17) is 0 Å². The third-order valence-electron chi connectivity index (χ3n) is 5.15. The SMILES string of the molecule is Cc1cc(S(=O)(=O)N2CCC(O)(c3cccnc3)CC2)ccc1-n1cnnn1. The van der Waals surface area contributed by atoms with Crippen molar-refractivity contribution in [2.75, 3.05) is 13.1 Å². The van der Waals surface area contributed by atoms with E-state index in [0.29, 0.717) is 24.1 Å². The van der Waals surface area contributed by atoms with Gasteiger partial charge in [-0.3, -0.25) is 4.98 Å². The lowest BCUT2D eigenvalue weighted by Crippen LogP contribution is -2.45. The molecule has 1 aliphatic rings. The van der Waals surface area contributed by atoms with Gasteiger partial charge in [-0.2, -0.15) is 4.31 Å². The molecule has 2 aromatic heterocycles. The number of benzene rings is 1. The molecule has 0 radical (unpaired) electrons. The average Bonchev–Trinajstić information content (AvgIpc) is 3.23. The first-order valence-electron chi connectivity index (χ1n) is 8.87. The van der Waals surface area contributed by atoms with Crippen LogP contribution >= 0.6 is 0 Å². The molecule has 1 fully saturated rings. The summed E-state index contributed by atoms with van der Waals surface area (Å²) in [6.07, 6.45) is 5.37. The van der Waals surface area contributed by atoms with Crippen molar-refractivity contribution in [2.45, 2.75) is 30.3 Å². The number of tetrazole rings is 1. The highest BCUT2D eigenvalue weighted by molar-refractivity contribution is 7.89. The minimum Gasteiger partial charge on any atom is -0.385 e. The van der Waals surface area contributed by atoms with Crippen molar-refractivity contribution >= 4 is 10.0 Å². The van der Waals surface area contributed by atoms with Crippen LogP contribution in [0.1, 0.15) is 24.0 Å². The predicted octanol–water partition coefficient (Wildman–Crippen LogP) is 1.04. The van der Waals surface area contributed by atoms with E-state index in [2.05, 4.69) is 20.5 Å². The van der Waals surface area contributed by atoms with E-state index >= 15 is 0 Å². The molecule has 0 amide bonds. The Bertz CT molecular complexity index is 1060. The number of hydrogen-bond acceptors (Lipinski definition) is 7. The molecule has 0 atom stereocenters. The topological polar surface area (TPSA) is 114 Å². The van der Waals surface area contributed by atoms with E-state index in [9.17, 15) is 13.5 Å². The Hall–Kier alpha value is -2.69. The van der Waals surface area contributed by atoms with Crippen LogP contribution in [0.3, 0.4) is 0 Å². The number of aromatic nitrogens is 5. The van der Waals surface area contributed by atoms with Gasteiger partial charge in [-0.1, -0.05) is 6.07 Å². The minimum atomic E-state index is -3.66. The normalized spacial score (nSPS) is 17.5. The van der Waals surface area contributed by atoms with E-state index in [1.165, 1.54) is 15.3 Å². The van der Waals surface area contributed by atoms with Crippen molar-refractivity contribution in [1.29, 1.82) is 0 Å². The Labute approximate surface area is 162 Å². The van der Waals surface area contributed by atoms with Gasteiger partial charge < -0.3 is 5.11 Å². The maximum absolute atomic E-state index is 13.1. The van der Waals surface area contributed by atoms with Crippen molar-refractivity contribution in [3.63, 3.8) is 0 Å². The highest BCUT2D eigenvalue weighted by Gasteiger charge is 2.38. The Morgan fingerprint density at radius 1 is 1.18 bits per heavy atom. The number of sulfonamides is 1. The van der Waals surface area contributed by atoms with Crippen molar-refractivity contribution in [2.24, 2.45) is 0 Å². The monoisotopic (exact) mass is 400 g/mol. The summed E-state index contributed by atoms with van der Waals surface area (Å²) in [7, 11) is -3.66. The van der Waals surface area contributed by atoms with Crippen LogP contribution in [0, 0.1) is 6.92 Å². The van der Waals surface area contributed by atoms with Crippen molar-refractivity contribution in [3.8, 4) is 5.69 Å². The summed E-state index contributed by atoms with van der Waals surface area (Å²) < 4.78 is 29.0. The first-order chi connectivity index (χ1) is 13.4. The standard InChI is InChI=1S/C18H20N6O3S/c1-14-11-16(4-5-17(14)24-13-20-21-22-24)28(26,27)23-9-6-18(25,7-10-23)15-3-2-8-19-12-15/h2-5,8,11-13,25H,6-7,9-10H2,1H3. The predicted molar refractivity (Wildman–Crippen MR) is 100 cm³/mol. The zero-order chi connectivity index (χ0) is 19.8. The van der Waals surface area contributed by atoms with Crippen LogP contribution in [0.25, 0.3) is 5.69 Å². The average molecular weight is 400 g/mol. The Morgan fingerprint density at radius 2 is 1.96 bits per heavy atom. The molecular weight excluding hydrogens is 380 g/mol. The zero-order valence-corrected chi connectivity index (χ0v) is 16.1. The molecule has 3 aromatic rings. The molecule has 0 saturated carbocycles. The quantitative estimate of drug-likeness (QED) is 0.696. The maximum Gasteiger partial charge on any atom is 0.243 e. The summed E-state index contributed by atoms with van der Waals surface area (Å²) in [5.41, 5.74) is 1.12. The smallest absolute Gasteiger partial charge is 0.243 e. The van der Waals surface area contributed by atoms with E-state index in [1.807, 2.05) is 13.0 Å². The molecule has 3 heterocycles. The van der Waals surface area contributed by atoms with Crippen LogP contribution in [0.2, 0.25) is 0 Å². The summed E-state index contributed by atoms with van der Waals surface area (Å²) >= 11 is 0. The van der Waals surface area contributed by atoms with Crippen LogP contribution in [0.15, 0.2) is 53.9 Å². The van der Waals surface area contributed by atoms with E-state index in [-0.39, 0.29) is 18.0 Å². The molecule has 1 aromatic carbocycles. The molecule has 1 aliphatic heterocycles. The van der Waals surface area contributed by atoms with Crippen LogP contribution < -0.4 is 0 Å². The molecule has 4 rings (SSSR count). The molecular formula is C18H20N6O3S. The molecule has 0 bridgehead atoms. The van der Waals surface area contributed by atoms with Gasteiger partial charge in [-0.25, -0.2) is 13.1 Å². The van der Waals surface area contributed by atoms with Crippen LogP contribution in [0.4, 0.5) is 0 Å². The Kier molecular flexibility index (Phi) is 4.69. The summed E-state index contributed by atoms with van der Waals surface area (Å²) in [5.74, 6) is 0. The second kappa shape index (κ2) is 7.04. The number of pyridine rings is 1. The molecule has 28 heavy (non-hydrogen) atoms. The fraction of sp³-hybridized carbons (Fsp3) is 0.333. The van der Waals surface area contributed by atoms with Gasteiger partial charge in [0.05, 0.1) is 16.2 Å². The molecule has 146 valence electrons. The van der Waals surface area contributed by atoms with Crippen molar-refractivity contribution < 1.29 is 13.5 Å². The van der Waals surface area contributed by atoms with E-state index in [1.54, 1.807) is 36.7 Å². The van der Waals surface area contributed by atoms with Crippen molar-refractivity contribution in [3.05, 3.63) is 60.2 Å². The van der Waals surface area contributed by atoms with Crippen molar-refractivity contribution in [1.82, 2.24) is 29.5 Å². The lowest BCUT2D eigenvalue weighted by Gasteiger charge is -2.37. The molecule has 1 N–H and O–H groups in total. The first-order valence-corrected chi connectivity index (χ1v) is 10.3. The Morgan fingerprint density at radius 3 is 2.57 bits per heavy atom. The molecule has 0 spiro atoms. The number of aliphatic hydroxyl groups is 1. The summed E-state index contributed by atoms with van der Waals surface area (Å²) in [4.78, 5) is 4.27. The third kappa shape index (κ3) is 3.30. The van der Waals surface area contributed by atoms with Gasteiger partial charge >= 0.3 is 0 Å². The largest absolute Gasteiger partial charge is 0.385 e. The number of hydrogen-bond donors (Lipinski definition) is 1. The second-order valence-electron chi connectivity index (χ2n) is 6.88. The van der Waals surface area contributed by atoms with Gasteiger partial charge in [0.1, 0.15) is 6.33 Å². The highest BCUT2D eigenvalue weighted by atomic mass is 32.2. The van der Waals surface area contributed by atoms with Gasteiger partial charge in [0.2, 0.25) is 10.0 Å². The highest BCUT2D eigenvalue weighted by Crippen LogP contribution is 2.34. The number of piperidine rings is 1. The van der Waals surface area contributed by atoms with E-state index in [0.717, 1.165) is 5.56 Å². The lowest BCUT2D eigenvalue weighted by molar-refractivity contribution is -0.00989.